The maximum Gasteiger partial charge on any atom is 0.0483 e. The standard InChI is InChI=1S/C10H18ClNO/c1-10(4-8-13-9-5-10)12-7-3-2-6-11/h2-3,12H,4-9H2,1H3/b3-2+. The molecular formula is C10H18ClNO. The number of nitrogens with one attached hydrogen (secondary N) is 1. The Bertz CT molecular complexity index is 164. The lowest BCUT2D eigenvalue weighted by Crippen LogP contribution is -2.46. The second kappa shape index (κ2) is 5.63. The molecule has 0 aromatic heterocycles. The van der Waals surface area contributed by atoms with Gasteiger partial charge in [0.1, 0.15) is 0 Å². The number of halogens is 1. The largest absolute Gasteiger partial charge is 0.381 e. The van der Waals surface area contributed by atoms with Gasteiger partial charge in [0.15, 0.2) is 0 Å². The molecule has 76 valence electrons. The normalized spacial score (nSPS) is 22.3. The second-order valence-electron chi connectivity index (χ2n) is 3.68. The van der Waals surface area contributed by atoms with Gasteiger partial charge in [-0.15, -0.1) is 11.6 Å². The van der Waals surface area contributed by atoms with Crippen molar-refractivity contribution in [2.75, 3.05) is 25.6 Å². The van der Waals surface area contributed by atoms with Crippen molar-refractivity contribution in [1.82, 2.24) is 5.32 Å². The van der Waals surface area contributed by atoms with Crippen LogP contribution in [0.1, 0.15) is 19.8 Å². The Hall–Kier alpha value is -0.0500. The molecule has 1 rings (SSSR count). The first kappa shape index (κ1) is 11.0. The summed E-state index contributed by atoms with van der Waals surface area (Å²) in [7, 11) is 0. The van der Waals surface area contributed by atoms with Crippen LogP contribution in [0.25, 0.3) is 0 Å². The van der Waals surface area contributed by atoms with Crippen molar-refractivity contribution >= 4 is 11.6 Å². The third-order valence-corrected chi connectivity index (χ3v) is 2.68. The number of allylic oxidation sites excluding steroid dienone is 1. The quantitative estimate of drug-likeness (QED) is 0.557. The van der Waals surface area contributed by atoms with Crippen molar-refractivity contribution in [2.45, 2.75) is 25.3 Å². The monoisotopic (exact) mass is 203 g/mol. The molecule has 0 amide bonds. The van der Waals surface area contributed by atoms with Crippen molar-refractivity contribution in [3.63, 3.8) is 0 Å². The van der Waals surface area contributed by atoms with Gasteiger partial charge in [0.25, 0.3) is 0 Å². The second-order valence-corrected chi connectivity index (χ2v) is 3.99. The lowest BCUT2D eigenvalue weighted by Gasteiger charge is -2.34. The van der Waals surface area contributed by atoms with Crippen molar-refractivity contribution in [3.05, 3.63) is 12.2 Å². The maximum atomic E-state index is 5.52. The van der Waals surface area contributed by atoms with Crippen LogP contribution < -0.4 is 5.32 Å². The molecule has 0 aromatic carbocycles. The fourth-order valence-electron chi connectivity index (χ4n) is 1.45. The highest BCUT2D eigenvalue weighted by atomic mass is 35.5. The lowest BCUT2D eigenvalue weighted by molar-refractivity contribution is 0.0467. The summed E-state index contributed by atoms with van der Waals surface area (Å²) in [5, 5.41) is 3.51. The van der Waals surface area contributed by atoms with Crippen LogP contribution in [0.15, 0.2) is 12.2 Å². The molecule has 0 aliphatic carbocycles. The summed E-state index contributed by atoms with van der Waals surface area (Å²) >= 11 is 5.52. The minimum absolute atomic E-state index is 0.259. The first-order valence-electron chi connectivity index (χ1n) is 4.81. The van der Waals surface area contributed by atoms with Crippen molar-refractivity contribution in [1.29, 1.82) is 0 Å². The van der Waals surface area contributed by atoms with Gasteiger partial charge in [-0.05, 0) is 19.8 Å². The van der Waals surface area contributed by atoms with E-state index >= 15 is 0 Å². The van der Waals surface area contributed by atoms with E-state index in [1.807, 2.05) is 6.08 Å². The van der Waals surface area contributed by atoms with E-state index < -0.39 is 0 Å². The molecular weight excluding hydrogens is 186 g/mol. The Balaban J connectivity index is 2.21. The van der Waals surface area contributed by atoms with Crippen molar-refractivity contribution < 1.29 is 4.74 Å². The number of alkyl halides is 1. The van der Waals surface area contributed by atoms with E-state index in [4.69, 9.17) is 16.3 Å². The molecule has 1 aliphatic rings. The van der Waals surface area contributed by atoms with Crippen LogP contribution in [0.2, 0.25) is 0 Å². The molecule has 2 nitrogen and oxygen atoms in total. The first-order valence-corrected chi connectivity index (χ1v) is 5.34. The van der Waals surface area contributed by atoms with Crippen LogP contribution in [0.5, 0.6) is 0 Å². The van der Waals surface area contributed by atoms with Crippen LogP contribution in [-0.2, 0) is 4.74 Å². The molecule has 0 spiro atoms. The Morgan fingerprint density at radius 3 is 2.69 bits per heavy atom. The van der Waals surface area contributed by atoms with Gasteiger partial charge in [0, 0.05) is 31.2 Å². The zero-order valence-corrected chi connectivity index (χ0v) is 8.94. The molecule has 3 heteroatoms. The molecule has 1 heterocycles. The van der Waals surface area contributed by atoms with Gasteiger partial charge < -0.3 is 10.1 Å². The van der Waals surface area contributed by atoms with Crippen molar-refractivity contribution in [2.24, 2.45) is 0 Å². The molecule has 0 aromatic rings. The Labute approximate surface area is 85.3 Å². The molecule has 1 fully saturated rings. The summed E-state index contributed by atoms with van der Waals surface area (Å²) < 4.78 is 5.31. The van der Waals surface area contributed by atoms with E-state index in [1.165, 1.54) is 0 Å². The molecule has 13 heavy (non-hydrogen) atoms. The van der Waals surface area contributed by atoms with Crippen LogP contribution in [-0.4, -0.2) is 31.2 Å². The average Bonchev–Trinajstić information content (AvgIpc) is 2.14. The van der Waals surface area contributed by atoms with Crippen molar-refractivity contribution in [3.8, 4) is 0 Å². The maximum absolute atomic E-state index is 5.52. The average molecular weight is 204 g/mol. The third-order valence-electron chi connectivity index (χ3n) is 2.50. The minimum Gasteiger partial charge on any atom is -0.381 e. The molecule has 1 saturated heterocycles. The lowest BCUT2D eigenvalue weighted by atomic mass is 9.92. The number of rotatable bonds is 4. The van der Waals surface area contributed by atoms with E-state index in [0.717, 1.165) is 32.6 Å². The highest BCUT2D eigenvalue weighted by Crippen LogP contribution is 2.19. The van der Waals surface area contributed by atoms with E-state index in [9.17, 15) is 0 Å². The predicted molar refractivity (Wildman–Crippen MR) is 56.3 cm³/mol. The Morgan fingerprint density at radius 2 is 2.08 bits per heavy atom. The zero-order chi connectivity index (χ0) is 9.57. The smallest absolute Gasteiger partial charge is 0.0483 e. The van der Waals surface area contributed by atoms with E-state index in [2.05, 4.69) is 18.3 Å². The fourth-order valence-corrected chi connectivity index (χ4v) is 1.58. The van der Waals surface area contributed by atoms with Crippen LogP contribution in [0.4, 0.5) is 0 Å². The third kappa shape index (κ3) is 4.12. The molecule has 0 saturated carbocycles. The van der Waals surface area contributed by atoms with Crippen LogP contribution >= 0.6 is 11.6 Å². The van der Waals surface area contributed by atoms with Gasteiger partial charge >= 0.3 is 0 Å². The van der Waals surface area contributed by atoms with E-state index in [-0.39, 0.29) is 5.54 Å². The zero-order valence-electron chi connectivity index (χ0n) is 8.18. The summed E-state index contributed by atoms with van der Waals surface area (Å²) in [6.45, 7) is 4.92. The number of ether oxygens (including phenoxy) is 1. The van der Waals surface area contributed by atoms with E-state index in [1.54, 1.807) is 0 Å². The summed E-state index contributed by atoms with van der Waals surface area (Å²) in [5.74, 6) is 0.599. The minimum atomic E-state index is 0.259. The fraction of sp³-hybridized carbons (Fsp3) is 0.800. The topological polar surface area (TPSA) is 21.3 Å². The summed E-state index contributed by atoms with van der Waals surface area (Å²) in [4.78, 5) is 0. The van der Waals surface area contributed by atoms with Gasteiger partial charge in [-0.1, -0.05) is 12.2 Å². The first-order chi connectivity index (χ1) is 6.27. The molecule has 1 N–H and O–H groups in total. The SMILES string of the molecule is CC1(NC/C=C/CCl)CCOCC1. The van der Waals surface area contributed by atoms with Crippen LogP contribution in [0, 0.1) is 0 Å². The molecule has 1 aliphatic heterocycles. The molecule has 0 unspecified atom stereocenters. The van der Waals surface area contributed by atoms with Gasteiger partial charge in [-0.2, -0.15) is 0 Å². The predicted octanol–water partition coefficient (Wildman–Crippen LogP) is 1.94. The molecule has 0 radical (unpaired) electrons. The highest BCUT2D eigenvalue weighted by Gasteiger charge is 2.25. The molecule has 0 bridgehead atoms. The highest BCUT2D eigenvalue weighted by molar-refractivity contribution is 6.18. The summed E-state index contributed by atoms with van der Waals surface area (Å²) in [6, 6.07) is 0. The van der Waals surface area contributed by atoms with Gasteiger partial charge in [-0.3, -0.25) is 0 Å². The molecule has 0 atom stereocenters. The summed E-state index contributed by atoms with van der Waals surface area (Å²) in [6.07, 6.45) is 6.24. The number of hydrogen-bond donors (Lipinski definition) is 1. The van der Waals surface area contributed by atoms with Gasteiger partial charge in [-0.25, -0.2) is 0 Å². The van der Waals surface area contributed by atoms with Gasteiger partial charge in [0.2, 0.25) is 0 Å². The Kier molecular flexibility index (Phi) is 4.78. The number of hydrogen-bond acceptors (Lipinski definition) is 2. The van der Waals surface area contributed by atoms with Crippen LogP contribution in [0.3, 0.4) is 0 Å². The van der Waals surface area contributed by atoms with Gasteiger partial charge in [0.05, 0.1) is 0 Å². The van der Waals surface area contributed by atoms with E-state index in [0.29, 0.717) is 5.88 Å². The Morgan fingerprint density at radius 1 is 1.38 bits per heavy atom. The summed E-state index contributed by atoms with van der Waals surface area (Å²) in [5.41, 5.74) is 0.259.